The first kappa shape index (κ1) is 19.7. The highest BCUT2D eigenvalue weighted by atomic mass is 16.4. The molecule has 3 aromatic rings. The zero-order valence-corrected chi connectivity index (χ0v) is 17.8. The van der Waals surface area contributed by atoms with Crippen molar-refractivity contribution >= 4 is 22.7 Å². The average Bonchev–Trinajstić information content (AvgIpc) is 3.37. The topological polar surface area (TPSA) is 97.1 Å². The van der Waals surface area contributed by atoms with Crippen LogP contribution in [0.1, 0.15) is 72.5 Å². The lowest BCUT2D eigenvalue weighted by Gasteiger charge is -2.23. The van der Waals surface area contributed by atoms with E-state index >= 15 is 0 Å². The maximum absolute atomic E-state index is 13.4. The number of rotatable bonds is 4. The number of aromatic nitrogens is 3. The minimum atomic E-state index is -0.983. The SMILES string of the molecule is Cc1cc([C@@H](C)Nc2ccccc2C(=O)O)c2nc3n(c(=O)c2n1)CCC31CCCC1. The summed E-state index contributed by atoms with van der Waals surface area (Å²) in [5.74, 6) is -0.0732. The molecular formula is C24H26N4O3. The number of nitrogens with zero attached hydrogens (tertiary/aromatic N) is 3. The normalized spacial score (nSPS) is 17.7. The molecule has 1 fully saturated rings. The summed E-state index contributed by atoms with van der Waals surface area (Å²) in [6.07, 6.45) is 5.49. The highest BCUT2D eigenvalue weighted by Crippen LogP contribution is 2.46. The van der Waals surface area contributed by atoms with E-state index in [9.17, 15) is 14.7 Å². The fourth-order valence-electron chi connectivity index (χ4n) is 5.36. The number of benzene rings is 1. The Labute approximate surface area is 180 Å². The second-order valence-corrected chi connectivity index (χ2v) is 8.90. The number of carboxylic acid groups (broad SMARTS) is 1. The van der Waals surface area contributed by atoms with Crippen molar-refractivity contribution in [3.8, 4) is 0 Å². The lowest BCUT2D eigenvalue weighted by atomic mass is 9.84. The molecule has 2 N–H and O–H groups in total. The van der Waals surface area contributed by atoms with Gasteiger partial charge in [-0.15, -0.1) is 0 Å². The molecule has 1 aliphatic heterocycles. The Hall–Kier alpha value is -3.22. The van der Waals surface area contributed by atoms with Gasteiger partial charge < -0.3 is 10.4 Å². The van der Waals surface area contributed by atoms with Crippen LogP contribution < -0.4 is 10.9 Å². The quantitative estimate of drug-likeness (QED) is 0.659. The van der Waals surface area contributed by atoms with Crippen LogP contribution in [-0.4, -0.2) is 25.6 Å². The molecule has 3 heterocycles. The van der Waals surface area contributed by atoms with Gasteiger partial charge >= 0.3 is 5.97 Å². The molecule has 0 amide bonds. The summed E-state index contributed by atoms with van der Waals surface area (Å²) < 4.78 is 1.84. The number of para-hydroxylation sites is 1. The van der Waals surface area contributed by atoms with Crippen LogP contribution in [0, 0.1) is 6.92 Å². The number of carboxylic acids is 1. The summed E-state index contributed by atoms with van der Waals surface area (Å²) in [5, 5.41) is 12.8. The van der Waals surface area contributed by atoms with Crippen LogP contribution >= 0.6 is 0 Å². The first-order chi connectivity index (χ1) is 14.9. The Bertz CT molecular complexity index is 1260. The highest BCUT2D eigenvalue weighted by Gasteiger charge is 2.43. The number of anilines is 1. The average molecular weight is 418 g/mol. The van der Waals surface area contributed by atoms with Crippen LogP contribution in [-0.2, 0) is 12.0 Å². The monoisotopic (exact) mass is 418 g/mol. The Morgan fingerprint density at radius 1 is 1.16 bits per heavy atom. The first-order valence-corrected chi connectivity index (χ1v) is 10.9. The maximum atomic E-state index is 13.4. The van der Waals surface area contributed by atoms with Crippen LogP contribution in [0.25, 0.3) is 11.0 Å². The number of carbonyl (C=O) groups is 1. The van der Waals surface area contributed by atoms with Gasteiger partial charge in [0.15, 0.2) is 5.52 Å². The van der Waals surface area contributed by atoms with Crippen LogP contribution in [0.15, 0.2) is 35.1 Å². The zero-order valence-electron chi connectivity index (χ0n) is 17.8. The number of aromatic carboxylic acids is 1. The van der Waals surface area contributed by atoms with E-state index in [0.29, 0.717) is 23.3 Å². The van der Waals surface area contributed by atoms with E-state index in [4.69, 9.17) is 4.98 Å². The summed E-state index contributed by atoms with van der Waals surface area (Å²) in [6, 6.07) is 8.54. The van der Waals surface area contributed by atoms with Crippen LogP contribution in [0.5, 0.6) is 0 Å². The van der Waals surface area contributed by atoms with Crippen molar-refractivity contribution in [2.75, 3.05) is 5.32 Å². The standard InChI is InChI=1S/C24H26N4O3/c1-14-13-17(15(2)26-18-8-4-3-7-16(18)22(30)31)19-20(25-14)21(29)28-12-11-24(23(28)27-19)9-5-6-10-24/h3-4,7-8,13,15,26H,5-6,9-12H2,1-2H3,(H,30,31)/t15-/m1/s1. The molecule has 0 bridgehead atoms. The molecule has 2 aliphatic rings. The van der Waals surface area contributed by atoms with Crippen LogP contribution in [0.2, 0.25) is 0 Å². The first-order valence-electron chi connectivity index (χ1n) is 10.9. The highest BCUT2D eigenvalue weighted by molar-refractivity contribution is 5.94. The van der Waals surface area contributed by atoms with Crippen molar-refractivity contribution < 1.29 is 9.90 Å². The van der Waals surface area contributed by atoms with Crippen molar-refractivity contribution in [1.29, 1.82) is 0 Å². The Kier molecular flexibility index (Phi) is 4.57. The smallest absolute Gasteiger partial charge is 0.337 e. The molecule has 1 spiro atoms. The number of nitrogens with one attached hydrogen (secondary N) is 1. The molecular weight excluding hydrogens is 392 g/mol. The number of fused-ring (bicyclic) bond motifs is 3. The molecule has 0 saturated heterocycles. The molecule has 7 heteroatoms. The molecule has 7 nitrogen and oxygen atoms in total. The predicted molar refractivity (Wildman–Crippen MR) is 119 cm³/mol. The molecule has 1 aromatic carbocycles. The number of hydrogen-bond acceptors (Lipinski definition) is 5. The maximum Gasteiger partial charge on any atom is 0.337 e. The van der Waals surface area contributed by atoms with E-state index in [2.05, 4.69) is 10.3 Å². The molecule has 0 radical (unpaired) electrons. The van der Waals surface area contributed by atoms with E-state index in [-0.39, 0.29) is 22.6 Å². The largest absolute Gasteiger partial charge is 0.478 e. The molecule has 5 rings (SSSR count). The Morgan fingerprint density at radius 2 is 1.90 bits per heavy atom. The van der Waals surface area contributed by atoms with Gasteiger partial charge in [0.25, 0.3) is 5.56 Å². The molecule has 0 unspecified atom stereocenters. The van der Waals surface area contributed by atoms with Crippen molar-refractivity contribution in [2.45, 2.75) is 64.0 Å². The van der Waals surface area contributed by atoms with E-state index in [1.54, 1.807) is 24.3 Å². The lowest BCUT2D eigenvalue weighted by molar-refractivity contribution is 0.0698. The fraction of sp³-hybridized carbons (Fsp3) is 0.417. The van der Waals surface area contributed by atoms with Gasteiger partial charge in [-0.1, -0.05) is 25.0 Å². The van der Waals surface area contributed by atoms with Crippen molar-refractivity contribution in [1.82, 2.24) is 14.5 Å². The van der Waals surface area contributed by atoms with Crippen LogP contribution in [0.3, 0.4) is 0 Å². The number of aryl methyl sites for hydroxylation is 1. The predicted octanol–water partition coefficient (Wildman–Crippen LogP) is 4.19. The summed E-state index contributed by atoms with van der Waals surface area (Å²) in [7, 11) is 0. The van der Waals surface area contributed by atoms with E-state index in [0.717, 1.165) is 36.3 Å². The summed E-state index contributed by atoms with van der Waals surface area (Å²) >= 11 is 0. The van der Waals surface area contributed by atoms with Gasteiger partial charge in [-0.3, -0.25) is 9.36 Å². The van der Waals surface area contributed by atoms with Crippen molar-refractivity contribution in [3.63, 3.8) is 0 Å². The Morgan fingerprint density at radius 3 is 2.65 bits per heavy atom. The van der Waals surface area contributed by atoms with Gasteiger partial charge in [0.1, 0.15) is 11.3 Å². The number of pyridine rings is 1. The van der Waals surface area contributed by atoms with Gasteiger partial charge in [-0.05, 0) is 51.3 Å². The summed E-state index contributed by atoms with van der Waals surface area (Å²) in [6.45, 7) is 4.54. The van der Waals surface area contributed by atoms with Gasteiger partial charge in [-0.2, -0.15) is 0 Å². The van der Waals surface area contributed by atoms with E-state index < -0.39 is 5.97 Å². The third kappa shape index (κ3) is 3.10. The van der Waals surface area contributed by atoms with Crippen molar-refractivity contribution in [2.24, 2.45) is 0 Å². The minimum Gasteiger partial charge on any atom is -0.478 e. The van der Waals surface area contributed by atoms with Gasteiger partial charge in [0.05, 0.1) is 11.6 Å². The Balaban J connectivity index is 1.65. The molecule has 2 aromatic heterocycles. The van der Waals surface area contributed by atoms with Crippen molar-refractivity contribution in [3.05, 3.63) is 63.3 Å². The minimum absolute atomic E-state index is 0.0160. The molecule has 1 aliphatic carbocycles. The molecule has 1 atom stereocenters. The van der Waals surface area contributed by atoms with E-state index in [1.165, 1.54) is 12.8 Å². The molecule has 31 heavy (non-hydrogen) atoms. The summed E-state index contributed by atoms with van der Waals surface area (Å²) in [5.41, 5.74) is 3.34. The summed E-state index contributed by atoms with van der Waals surface area (Å²) in [4.78, 5) is 34.6. The van der Waals surface area contributed by atoms with Gasteiger partial charge in [0, 0.05) is 28.9 Å². The zero-order chi connectivity index (χ0) is 21.8. The second-order valence-electron chi connectivity index (χ2n) is 8.90. The molecule has 160 valence electrons. The lowest BCUT2D eigenvalue weighted by Crippen LogP contribution is -2.28. The van der Waals surface area contributed by atoms with Gasteiger partial charge in [-0.25, -0.2) is 14.8 Å². The second kappa shape index (κ2) is 7.18. The molecule has 1 saturated carbocycles. The van der Waals surface area contributed by atoms with Crippen LogP contribution in [0.4, 0.5) is 5.69 Å². The number of hydrogen-bond donors (Lipinski definition) is 2. The third-order valence-corrected chi connectivity index (χ3v) is 6.92. The van der Waals surface area contributed by atoms with Gasteiger partial charge in [0.2, 0.25) is 0 Å². The van der Waals surface area contributed by atoms with E-state index in [1.807, 2.05) is 24.5 Å². The third-order valence-electron chi connectivity index (χ3n) is 6.92. The fourth-order valence-corrected chi connectivity index (χ4v) is 5.36.